The fraction of sp³-hybridized carbons (Fsp3) is 0.500. The molecule has 0 amide bonds. The van der Waals surface area contributed by atoms with E-state index in [9.17, 15) is 0 Å². The standard InChI is InChI=1S/C16H23N3O/c1-5-10-19-15(17-12-18-19)11-20-14-9-7-6-8-13(14)16(2,3)4/h6-9,12H,5,10-11H2,1-4H3. The molecule has 4 heteroatoms. The van der Waals surface area contributed by atoms with Crippen LogP contribution in [0.15, 0.2) is 30.6 Å². The number of rotatable bonds is 5. The second kappa shape index (κ2) is 6.07. The molecule has 0 saturated carbocycles. The summed E-state index contributed by atoms with van der Waals surface area (Å²) in [5, 5.41) is 4.21. The SMILES string of the molecule is CCCn1ncnc1COc1ccccc1C(C)(C)C. The summed E-state index contributed by atoms with van der Waals surface area (Å²) in [6, 6.07) is 8.18. The predicted molar refractivity (Wildman–Crippen MR) is 79.8 cm³/mol. The Balaban J connectivity index is 2.13. The van der Waals surface area contributed by atoms with Crippen LogP contribution in [-0.2, 0) is 18.6 Å². The summed E-state index contributed by atoms with van der Waals surface area (Å²) < 4.78 is 7.87. The quantitative estimate of drug-likeness (QED) is 0.836. The van der Waals surface area contributed by atoms with Gasteiger partial charge in [0.25, 0.3) is 0 Å². The fourth-order valence-corrected chi connectivity index (χ4v) is 2.15. The van der Waals surface area contributed by atoms with E-state index in [1.807, 2.05) is 22.9 Å². The summed E-state index contributed by atoms with van der Waals surface area (Å²) in [5.41, 5.74) is 1.27. The van der Waals surface area contributed by atoms with Crippen LogP contribution in [0.1, 0.15) is 45.5 Å². The van der Waals surface area contributed by atoms with E-state index < -0.39 is 0 Å². The van der Waals surface area contributed by atoms with Crippen LogP contribution in [0.4, 0.5) is 0 Å². The summed E-state index contributed by atoms with van der Waals surface area (Å²) in [6.07, 6.45) is 2.62. The Bertz CT molecular complexity index is 555. The second-order valence-electron chi connectivity index (χ2n) is 5.93. The van der Waals surface area contributed by atoms with E-state index in [0.29, 0.717) is 6.61 Å². The highest BCUT2D eigenvalue weighted by Gasteiger charge is 2.18. The lowest BCUT2D eigenvalue weighted by Gasteiger charge is -2.22. The molecule has 0 unspecified atom stereocenters. The highest BCUT2D eigenvalue weighted by atomic mass is 16.5. The van der Waals surface area contributed by atoms with E-state index in [-0.39, 0.29) is 5.41 Å². The molecule has 20 heavy (non-hydrogen) atoms. The molecule has 4 nitrogen and oxygen atoms in total. The summed E-state index contributed by atoms with van der Waals surface area (Å²) in [4.78, 5) is 4.27. The van der Waals surface area contributed by atoms with Crippen LogP contribution < -0.4 is 4.74 Å². The van der Waals surface area contributed by atoms with Crippen molar-refractivity contribution in [2.24, 2.45) is 0 Å². The molecule has 108 valence electrons. The van der Waals surface area contributed by atoms with Crippen molar-refractivity contribution in [2.75, 3.05) is 0 Å². The third-order valence-electron chi connectivity index (χ3n) is 3.18. The average molecular weight is 273 g/mol. The molecule has 1 aromatic heterocycles. The minimum absolute atomic E-state index is 0.0632. The van der Waals surface area contributed by atoms with Gasteiger partial charge in [0.15, 0.2) is 5.82 Å². The van der Waals surface area contributed by atoms with Crippen molar-refractivity contribution in [2.45, 2.75) is 52.7 Å². The van der Waals surface area contributed by atoms with Crippen molar-refractivity contribution in [3.8, 4) is 5.75 Å². The Hall–Kier alpha value is -1.84. The molecule has 0 saturated heterocycles. The highest BCUT2D eigenvalue weighted by Crippen LogP contribution is 2.31. The monoisotopic (exact) mass is 273 g/mol. The molecule has 2 aromatic rings. The molecule has 0 N–H and O–H groups in total. The van der Waals surface area contributed by atoms with Crippen LogP contribution in [0, 0.1) is 0 Å². The maximum Gasteiger partial charge on any atom is 0.164 e. The number of para-hydroxylation sites is 1. The lowest BCUT2D eigenvalue weighted by atomic mass is 9.86. The van der Waals surface area contributed by atoms with E-state index in [0.717, 1.165) is 24.5 Å². The van der Waals surface area contributed by atoms with Gasteiger partial charge in [0, 0.05) is 6.54 Å². The summed E-state index contributed by atoms with van der Waals surface area (Å²) in [6.45, 7) is 10.0. The van der Waals surface area contributed by atoms with Crippen LogP contribution >= 0.6 is 0 Å². The lowest BCUT2D eigenvalue weighted by molar-refractivity contribution is 0.279. The van der Waals surface area contributed by atoms with Crippen molar-refractivity contribution in [1.29, 1.82) is 0 Å². The van der Waals surface area contributed by atoms with Gasteiger partial charge in [-0.2, -0.15) is 5.10 Å². The van der Waals surface area contributed by atoms with Gasteiger partial charge in [-0.05, 0) is 23.5 Å². The molecular formula is C16H23N3O. The van der Waals surface area contributed by atoms with Gasteiger partial charge in [-0.3, -0.25) is 0 Å². The Kier molecular flexibility index (Phi) is 4.42. The second-order valence-corrected chi connectivity index (χ2v) is 5.93. The number of aromatic nitrogens is 3. The van der Waals surface area contributed by atoms with Gasteiger partial charge in [0.1, 0.15) is 18.7 Å². The number of aryl methyl sites for hydroxylation is 1. The van der Waals surface area contributed by atoms with E-state index in [1.54, 1.807) is 6.33 Å². The van der Waals surface area contributed by atoms with Crippen LogP contribution in [-0.4, -0.2) is 14.8 Å². The molecule has 1 aromatic carbocycles. The zero-order valence-corrected chi connectivity index (χ0v) is 12.8. The van der Waals surface area contributed by atoms with Crippen LogP contribution in [0.25, 0.3) is 0 Å². The lowest BCUT2D eigenvalue weighted by Crippen LogP contribution is -2.14. The first-order chi connectivity index (χ1) is 9.52. The maximum atomic E-state index is 5.97. The Morgan fingerprint density at radius 1 is 1.20 bits per heavy atom. The summed E-state index contributed by atoms with van der Waals surface area (Å²) in [5.74, 6) is 1.79. The topological polar surface area (TPSA) is 39.9 Å². The van der Waals surface area contributed by atoms with Gasteiger partial charge in [0.2, 0.25) is 0 Å². The zero-order valence-electron chi connectivity index (χ0n) is 12.8. The third kappa shape index (κ3) is 3.38. The van der Waals surface area contributed by atoms with Crippen LogP contribution in [0.5, 0.6) is 5.75 Å². The number of benzene rings is 1. The van der Waals surface area contributed by atoms with Crippen LogP contribution in [0.3, 0.4) is 0 Å². The average Bonchev–Trinajstić information content (AvgIpc) is 2.83. The predicted octanol–water partition coefficient (Wildman–Crippen LogP) is 3.56. The van der Waals surface area contributed by atoms with Crippen molar-refractivity contribution in [1.82, 2.24) is 14.8 Å². The normalized spacial score (nSPS) is 11.6. The molecule has 0 atom stereocenters. The number of hydrogen-bond donors (Lipinski definition) is 0. The van der Waals surface area contributed by atoms with Crippen molar-refractivity contribution >= 4 is 0 Å². The minimum Gasteiger partial charge on any atom is -0.485 e. The fourth-order valence-electron chi connectivity index (χ4n) is 2.15. The molecule has 0 spiro atoms. The molecule has 2 rings (SSSR count). The molecular weight excluding hydrogens is 250 g/mol. The molecule has 0 aliphatic carbocycles. The Labute approximate surface area is 120 Å². The smallest absolute Gasteiger partial charge is 0.164 e. The van der Waals surface area contributed by atoms with Gasteiger partial charge in [-0.25, -0.2) is 9.67 Å². The van der Waals surface area contributed by atoms with E-state index >= 15 is 0 Å². The third-order valence-corrected chi connectivity index (χ3v) is 3.18. The molecule has 0 radical (unpaired) electrons. The first-order valence-electron chi connectivity index (χ1n) is 7.11. The van der Waals surface area contributed by atoms with Gasteiger partial charge < -0.3 is 4.74 Å². The van der Waals surface area contributed by atoms with Gasteiger partial charge >= 0.3 is 0 Å². The molecule has 1 heterocycles. The molecule has 0 aliphatic heterocycles. The Morgan fingerprint density at radius 2 is 1.95 bits per heavy atom. The summed E-state index contributed by atoms with van der Waals surface area (Å²) >= 11 is 0. The first kappa shape index (κ1) is 14.6. The van der Waals surface area contributed by atoms with Crippen molar-refractivity contribution in [3.63, 3.8) is 0 Å². The van der Waals surface area contributed by atoms with E-state index in [1.165, 1.54) is 5.56 Å². The molecule has 0 bridgehead atoms. The van der Waals surface area contributed by atoms with Crippen LogP contribution in [0.2, 0.25) is 0 Å². The van der Waals surface area contributed by atoms with Gasteiger partial charge in [-0.15, -0.1) is 0 Å². The highest BCUT2D eigenvalue weighted by molar-refractivity contribution is 5.38. The Morgan fingerprint density at radius 3 is 2.65 bits per heavy atom. The van der Waals surface area contributed by atoms with E-state index in [2.05, 4.69) is 43.8 Å². The maximum absolute atomic E-state index is 5.97. The zero-order chi connectivity index (χ0) is 14.6. The van der Waals surface area contributed by atoms with Gasteiger partial charge in [0.05, 0.1) is 0 Å². The number of nitrogens with zero attached hydrogens (tertiary/aromatic N) is 3. The van der Waals surface area contributed by atoms with Crippen molar-refractivity contribution < 1.29 is 4.74 Å². The minimum atomic E-state index is 0.0632. The molecule has 0 aliphatic rings. The van der Waals surface area contributed by atoms with Gasteiger partial charge in [-0.1, -0.05) is 45.9 Å². The largest absolute Gasteiger partial charge is 0.485 e. The van der Waals surface area contributed by atoms with Crippen molar-refractivity contribution in [3.05, 3.63) is 42.0 Å². The number of hydrogen-bond acceptors (Lipinski definition) is 3. The summed E-state index contributed by atoms with van der Waals surface area (Å²) in [7, 11) is 0. The number of ether oxygens (including phenoxy) is 1. The first-order valence-corrected chi connectivity index (χ1v) is 7.11. The van der Waals surface area contributed by atoms with E-state index in [4.69, 9.17) is 4.74 Å². The molecule has 0 fully saturated rings.